The molecule has 4 nitrogen and oxygen atoms in total. The Hall–Kier alpha value is -2.21. The van der Waals surface area contributed by atoms with Crippen LogP contribution in [0.3, 0.4) is 0 Å². The van der Waals surface area contributed by atoms with Crippen LogP contribution in [-0.2, 0) is 0 Å². The molecule has 0 fully saturated rings. The lowest BCUT2D eigenvalue weighted by molar-refractivity contribution is 0.627. The molecule has 0 amide bonds. The number of nitrogens with zero attached hydrogens (tertiary/aromatic N) is 4. The molecule has 1 aromatic heterocycles. The van der Waals surface area contributed by atoms with Crippen LogP contribution in [0.5, 0.6) is 0 Å². The molecule has 1 atom stereocenters. The summed E-state index contributed by atoms with van der Waals surface area (Å²) >= 11 is 1.54. The second-order valence-electron chi connectivity index (χ2n) is 5.02. The molecule has 2 aromatic carbocycles. The zero-order valence-electron chi connectivity index (χ0n) is 12.3. The monoisotopic (exact) mass is 314 g/mol. The van der Waals surface area contributed by atoms with Crippen LogP contribution >= 0.6 is 11.8 Å². The van der Waals surface area contributed by atoms with Gasteiger partial charge in [-0.2, -0.15) is 4.68 Å². The molecule has 3 aromatic rings. The average Bonchev–Trinajstić information content (AvgIpc) is 2.97. The van der Waals surface area contributed by atoms with E-state index in [1.807, 2.05) is 38.1 Å². The first-order valence-corrected chi connectivity index (χ1v) is 7.79. The summed E-state index contributed by atoms with van der Waals surface area (Å²) in [5.74, 6) is -0.231. The zero-order valence-corrected chi connectivity index (χ0v) is 13.1. The second-order valence-corrected chi connectivity index (χ2v) is 6.33. The van der Waals surface area contributed by atoms with Gasteiger partial charge in [0.25, 0.3) is 0 Å². The third-order valence-corrected chi connectivity index (χ3v) is 4.43. The molecule has 112 valence electrons. The quantitative estimate of drug-likeness (QED) is 0.684. The van der Waals surface area contributed by atoms with E-state index in [-0.39, 0.29) is 11.1 Å². The topological polar surface area (TPSA) is 43.6 Å². The summed E-state index contributed by atoms with van der Waals surface area (Å²) < 4.78 is 14.7. The Morgan fingerprint density at radius 1 is 1.05 bits per heavy atom. The summed E-state index contributed by atoms with van der Waals surface area (Å²) in [5, 5.41) is 12.7. The van der Waals surface area contributed by atoms with Crippen LogP contribution in [0.2, 0.25) is 0 Å². The van der Waals surface area contributed by atoms with Gasteiger partial charge >= 0.3 is 0 Å². The van der Waals surface area contributed by atoms with Gasteiger partial charge in [0.2, 0.25) is 5.16 Å². The predicted molar refractivity (Wildman–Crippen MR) is 84.6 cm³/mol. The molecule has 1 unspecified atom stereocenters. The van der Waals surface area contributed by atoms with Gasteiger partial charge in [0, 0.05) is 5.25 Å². The van der Waals surface area contributed by atoms with Gasteiger partial charge in [-0.05, 0) is 54.1 Å². The lowest BCUT2D eigenvalue weighted by Gasteiger charge is -2.11. The lowest BCUT2D eigenvalue weighted by atomic mass is 10.2. The first-order valence-electron chi connectivity index (χ1n) is 6.91. The van der Waals surface area contributed by atoms with Crippen LogP contribution in [0.4, 0.5) is 4.39 Å². The Morgan fingerprint density at radius 2 is 1.73 bits per heavy atom. The Labute approximate surface area is 132 Å². The minimum atomic E-state index is -0.231. The van der Waals surface area contributed by atoms with Gasteiger partial charge in [0.15, 0.2) is 0 Å². The fourth-order valence-electron chi connectivity index (χ4n) is 2.06. The summed E-state index contributed by atoms with van der Waals surface area (Å²) in [6.07, 6.45) is 0. The molecule has 0 aliphatic carbocycles. The highest BCUT2D eigenvalue weighted by Crippen LogP contribution is 2.34. The SMILES string of the molecule is Cc1ccc(-n2nnnc2SC(C)c2ccc(F)cc2)cc1. The molecular formula is C16H15FN4S. The standard InChI is InChI=1S/C16H15FN4S/c1-11-3-9-15(10-4-11)21-16(18-19-20-21)22-12(2)13-5-7-14(17)8-6-13/h3-10,12H,1-2H3. The van der Waals surface area contributed by atoms with E-state index in [1.54, 1.807) is 16.8 Å². The van der Waals surface area contributed by atoms with Crippen molar-refractivity contribution in [2.24, 2.45) is 0 Å². The maximum Gasteiger partial charge on any atom is 0.214 e. The molecule has 0 radical (unpaired) electrons. The number of rotatable bonds is 4. The first-order chi connectivity index (χ1) is 10.6. The van der Waals surface area contributed by atoms with E-state index in [2.05, 4.69) is 15.5 Å². The molecule has 0 aliphatic rings. The van der Waals surface area contributed by atoms with Gasteiger partial charge in [0.1, 0.15) is 5.82 Å². The van der Waals surface area contributed by atoms with Crippen molar-refractivity contribution < 1.29 is 4.39 Å². The highest BCUT2D eigenvalue weighted by molar-refractivity contribution is 7.99. The highest BCUT2D eigenvalue weighted by atomic mass is 32.2. The summed E-state index contributed by atoms with van der Waals surface area (Å²) in [6.45, 7) is 4.09. The number of hydrogen-bond donors (Lipinski definition) is 0. The van der Waals surface area contributed by atoms with E-state index >= 15 is 0 Å². The minimum absolute atomic E-state index is 0.121. The van der Waals surface area contributed by atoms with E-state index in [1.165, 1.54) is 29.5 Å². The van der Waals surface area contributed by atoms with Crippen LogP contribution in [0, 0.1) is 12.7 Å². The molecule has 0 saturated carbocycles. The molecule has 0 N–H and O–H groups in total. The highest BCUT2D eigenvalue weighted by Gasteiger charge is 2.14. The summed E-state index contributed by atoms with van der Waals surface area (Å²) in [7, 11) is 0. The van der Waals surface area contributed by atoms with Gasteiger partial charge in [-0.1, -0.05) is 41.6 Å². The number of aryl methyl sites for hydroxylation is 1. The molecule has 6 heteroatoms. The van der Waals surface area contributed by atoms with Crippen molar-refractivity contribution in [2.75, 3.05) is 0 Å². The maximum absolute atomic E-state index is 13.0. The fraction of sp³-hybridized carbons (Fsp3) is 0.188. The first kappa shape index (κ1) is 14.7. The van der Waals surface area contributed by atoms with Crippen molar-refractivity contribution in [3.05, 3.63) is 65.5 Å². The van der Waals surface area contributed by atoms with E-state index in [9.17, 15) is 4.39 Å². The fourth-order valence-corrected chi connectivity index (χ4v) is 3.00. The van der Waals surface area contributed by atoms with Crippen LogP contribution in [0.25, 0.3) is 5.69 Å². The van der Waals surface area contributed by atoms with Crippen molar-refractivity contribution in [2.45, 2.75) is 24.3 Å². The van der Waals surface area contributed by atoms with Crippen molar-refractivity contribution in [3.63, 3.8) is 0 Å². The van der Waals surface area contributed by atoms with Gasteiger partial charge in [-0.15, -0.1) is 5.10 Å². The van der Waals surface area contributed by atoms with Crippen LogP contribution < -0.4 is 0 Å². The van der Waals surface area contributed by atoms with Gasteiger partial charge < -0.3 is 0 Å². The van der Waals surface area contributed by atoms with Gasteiger partial charge in [-0.3, -0.25) is 0 Å². The molecule has 0 spiro atoms. The zero-order chi connectivity index (χ0) is 15.5. The summed E-state index contributed by atoms with van der Waals surface area (Å²) in [5.41, 5.74) is 3.14. The molecule has 0 aliphatic heterocycles. The second kappa shape index (κ2) is 6.27. The van der Waals surface area contributed by atoms with E-state index < -0.39 is 0 Å². The van der Waals surface area contributed by atoms with Crippen LogP contribution in [-0.4, -0.2) is 20.2 Å². The van der Waals surface area contributed by atoms with Crippen molar-refractivity contribution >= 4 is 11.8 Å². The van der Waals surface area contributed by atoms with Crippen molar-refractivity contribution in [1.82, 2.24) is 20.2 Å². The third-order valence-electron chi connectivity index (χ3n) is 3.34. The summed E-state index contributed by atoms with van der Waals surface area (Å²) in [4.78, 5) is 0. The minimum Gasteiger partial charge on any atom is -0.207 e. The Bertz CT molecular complexity index is 753. The number of hydrogen-bond acceptors (Lipinski definition) is 4. The number of tetrazole rings is 1. The average molecular weight is 314 g/mol. The number of aromatic nitrogens is 4. The van der Waals surface area contributed by atoms with E-state index in [4.69, 9.17) is 0 Å². The smallest absolute Gasteiger partial charge is 0.207 e. The lowest BCUT2D eigenvalue weighted by Crippen LogP contribution is -2.00. The molecule has 22 heavy (non-hydrogen) atoms. The molecular weight excluding hydrogens is 299 g/mol. The number of thioether (sulfide) groups is 1. The molecule has 0 saturated heterocycles. The molecule has 1 heterocycles. The van der Waals surface area contributed by atoms with Crippen molar-refractivity contribution in [1.29, 1.82) is 0 Å². The van der Waals surface area contributed by atoms with Gasteiger partial charge in [0.05, 0.1) is 5.69 Å². The Balaban J connectivity index is 1.83. The van der Waals surface area contributed by atoms with E-state index in [0.717, 1.165) is 11.3 Å². The van der Waals surface area contributed by atoms with Crippen LogP contribution in [0.15, 0.2) is 53.7 Å². The molecule has 0 bridgehead atoms. The van der Waals surface area contributed by atoms with Gasteiger partial charge in [-0.25, -0.2) is 4.39 Å². The maximum atomic E-state index is 13.0. The summed E-state index contributed by atoms with van der Waals surface area (Å²) in [6, 6.07) is 14.5. The van der Waals surface area contributed by atoms with E-state index in [0.29, 0.717) is 5.16 Å². The molecule has 3 rings (SSSR count). The van der Waals surface area contributed by atoms with Crippen molar-refractivity contribution in [3.8, 4) is 5.69 Å². The van der Waals surface area contributed by atoms with Crippen LogP contribution in [0.1, 0.15) is 23.3 Å². The number of benzene rings is 2. The predicted octanol–water partition coefficient (Wildman–Crippen LogP) is 3.96. The normalized spacial score (nSPS) is 12.3. The Kier molecular flexibility index (Phi) is 4.20. The third kappa shape index (κ3) is 3.17. The largest absolute Gasteiger partial charge is 0.214 e. The Morgan fingerprint density at radius 3 is 2.41 bits per heavy atom. The number of halogens is 1.